The van der Waals surface area contributed by atoms with E-state index in [9.17, 15) is 26.0 Å². The van der Waals surface area contributed by atoms with E-state index in [1.807, 2.05) is 0 Å². The molecule has 0 saturated heterocycles. The van der Waals surface area contributed by atoms with Gasteiger partial charge in [-0.2, -0.15) is 8.78 Å². The van der Waals surface area contributed by atoms with Crippen LogP contribution in [0.4, 0.5) is 23.2 Å². The van der Waals surface area contributed by atoms with Crippen LogP contribution in [0.25, 0.3) is 0 Å². The van der Waals surface area contributed by atoms with Gasteiger partial charge in [0.15, 0.2) is 17.4 Å². The lowest BCUT2D eigenvalue weighted by molar-refractivity contribution is -0.0523. The number of hydrogen-bond acceptors (Lipinski definition) is 4. The van der Waals surface area contributed by atoms with E-state index >= 15 is 0 Å². The number of benzene rings is 1. The van der Waals surface area contributed by atoms with Crippen molar-refractivity contribution in [2.75, 3.05) is 11.3 Å². The van der Waals surface area contributed by atoms with E-state index in [4.69, 9.17) is 0 Å². The second-order valence-corrected chi connectivity index (χ2v) is 9.27. The van der Waals surface area contributed by atoms with Crippen LogP contribution in [0.3, 0.4) is 0 Å². The van der Waals surface area contributed by atoms with E-state index in [1.54, 1.807) is 0 Å². The fraction of sp³-hybridized carbons (Fsp3) is 0.556. The highest BCUT2D eigenvalue weighted by molar-refractivity contribution is 7.93. The molecule has 0 fully saturated rings. The highest BCUT2D eigenvalue weighted by Crippen LogP contribution is 2.39. The van der Waals surface area contributed by atoms with Crippen molar-refractivity contribution in [3.8, 4) is 5.75 Å². The van der Waals surface area contributed by atoms with E-state index in [0.717, 1.165) is 24.1 Å². The molecule has 0 spiro atoms. The van der Waals surface area contributed by atoms with Gasteiger partial charge in [0.25, 0.3) is 0 Å². The van der Waals surface area contributed by atoms with Gasteiger partial charge in [0.1, 0.15) is 5.25 Å². The van der Waals surface area contributed by atoms with E-state index in [0.29, 0.717) is 30.4 Å². The summed E-state index contributed by atoms with van der Waals surface area (Å²) in [6.07, 6.45) is 2.25. The lowest BCUT2D eigenvalue weighted by Gasteiger charge is -2.28. The number of alkyl halides is 2. The summed E-state index contributed by atoms with van der Waals surface area (Å²) in [4.78, 5) is 0. The summed E-state index contributed by atoms with van der Waals surface area (Å²) in [6, 6.07) is 0.892. The van der Waals surface area contributed by atoms with Gasteiger partial charge in [0.05, 0.1) is 5.69 Å². The van der Waals surface area contributed by atoms with Gasteiger partial charge in [-0.1, -0.05) is 13.8 Å². The number of sulfonamides is 1. The van der Waals surface area contributed by atoms with Crippen LogP contribution < -0.4 is 14.8 Å². The predicted octanol–water partition coefficient (Wildman–Crippen LogP) is 3.99. The van der Waals surface area contributed by atoms with E-state index in [1.165, 1.54) is 0 Å². The molecule has 0 radical (unpaired) electrons. The van der Waals surface area contributed by atoms with Crippen molar-refractivity contribution in [1.82, 2.24) is 5.32 Å². The number of halogens is 4. The first-order chi connectivity index (χ1) is 13.1. The van der Waals surface area contributed by atoms with Crippen molar-refractivity contribution in [2.24, 2.45) is 11.8 Å². The predicted molar refractivity (Wildman–Crippen MR) is 96.5 cm³/mol. The normalized spacial score (nSPS) is 22.4. The smallest absolute Gasteiger partial charge is 0.387 e. The molecule has 3 rings (SSSR count). The first kappa shape index (κ1) is 20.8. The van der Waals surface area contributed by atoms with E-state index in [-0.39, 0.29) is 6.54 Å². The van der Waals surface area contributed by atoms with Crippen LogP contribution in [-0.4, -0.2) is 26.8 Å². The summed E-state index contributed by atoms with van der Waals surface area (Å²) in [6.45, 7) is 1.08. The van der Waals surface area contributed by atoms with Gasteiger partial charge in [-0.25, -0.2) is 17.2 Å². The molecule has 0 amide bonds. The second-order valence-electron chi connectivity index (χ2n) is 7.41. The molecule has 2 N–H and O–H groups in total. The molecule has 1 aliphatic carbocycles. The fourth-order valence-electron chi connectivity index (χ4n) is 3.75. The number of nitrogens with one attached hydrogen (secondary N) is 2. The number of ether oxygens (including phenoxy) is 1. The Hall–Kier alpha value is -1.97. The number of anilines is 1. The number of hydrogen-bond donors (Lipinski definition) is 2. The summed E-state index contributed by atoms with van der Waals surface area (Å²) in [5, 5.41) is 2.24. The van der Waals surface area contributed by atoms with Gasteiger partial charge in [0, 0.05) is 24.4 Å². The Morgan fingerprint density at radius 2 is 1.93 bits per heavy atom. The molecule has 1 heterocycles. The van der Waals surface area contributed by atoms with Gasteiger partial charge < -0.3 is 10.1 Å². The SMILES string of the molecule is CC(C)C1CCC2=C(C1)NCC2S(=O)(=O)Nc1cc(F)c(OC(F)F)cc1F. The Balaban J connectivity index is 1.81. The number of rotatable bonds is 6. The highest BCUT2D eigenvalue weighted by atomic mass is 32.2. The zero-order valence-electron chi connectivity index (χ0n) is 15.4. The van der Waals surface area contributed by atoms with Crippen molar-refractivity contribution in [3.05, 3.63) is 35.0 Å². The third-order valence-electron chi connectivity index (χ3n) is 5.34. The van der Waals surface area contributed by atoms with Crippen molar-refractivity contribution in [1.29, 1.82) is 0 Å². The minimum absolute atomic E-state index is 0.154. The van der Waals surface area contributed by atoms with E-state index < -0.39 is 45.0 Å². The molecule has 0 bridgehead atoms. The average Bonchev–Trinajstić information content (AvgIpc) is 3.02. The van der Waals surface area contributed by atoms with Crippen LogP contribution in [0.5, 0.6) is 5.75 Å². The van der Waals surface area contributed by atoms with Crippen molar-refractivity contribution >= 4 is 15.7 Å². The van der Waals surface area contributed by atoms with Crippen LogP contribution in [0.2, 0.25) is 0 Å². The van der Waals surface area contributed by atoms with Crippen LogP contribution >= 0.6 is 0 Å². The Kier molecular flexibility index (Phi) is 5.79. The molecular weight excluding hydrogens is 400 g/mol. The molecule has 2 atom stereocenters. The lowest BCUT2D eigenvalue weighted by atomic mass is 9.81. The maximum Gasteiger partial charge on any atom is 0.387 e. The maximum atomic E-state index is 14.1. The summed E-state index contributed by atoms with van der Waals surface area (Å²) < 4.78 is 83.9. The van der Waals surface area contributed by atoms with Gasteiger partial charge >= 0.3 is 6.61 Å². The van der Waals surface area contributed by atoms with Gasteiger partial charge in [-0.15, -0.1) is 0 Å². The Morgan fingerprint density at radius 1 is 1.21 bits per heavy atom. The van der Waals surface area contributed by atoms with Crippen LogP contribution in [0.15, 0.2) is 23.4 Å². The highest BCUT2D eigenvalue weighted by Gasteiger charge is 2.39. The Bertz CT molecular complexity index is 887. The van der Waals surface area contributed by atoms with Crippen molar-refractivity contribution < 1.29 is 30.7 Å². The average molecular weight is 422 g/mol. The molecule has 1 aliphatic heterocycles. The molecule has 10 heteroatoms. The molecule has 1 aromatic carbocycles. The second kappa shape index (κ2) is 7.81. The topological polar surface area (TPSA) is 67.4 Å². The largest absolute Gasteiger partial charge is 0.432 e. The standard InChI is InChI=1S/C18H22F4N2O3S/c1-9(2)10-3-4-11-14(5-10)23-8-17(11)28(25,26)24-15-6-13(20)16(7-12(15)19)27-18(21)22/h6-7,9-10,17-18,23-24H,3-5,8H2,1-2H3. The van der Waals surface area contributed by atoms with Crippen LogP contribution in [0, 0.1) is 23.5 Å². The Morgan fingerprint density at radius 3 is 2.57 bits per heavy atom. The number of allylic oxidation sites excluding steroid dienone is 1. The lowest BCUT2D eigenvalue weighted by Crippen LogP contribution is -2.32. The zero-order valence-corrected chi connectivity index (χ0v) is 16.3. The summed E-state index contributed by atoms with van der Waals surface area (Å²) >= 11 is 0. The monoisotopic (exact) mass is 422 g/mol. The first-order valence-corrected chi connectivity index (χ1v) is 10.5. The fourth-order valence-corrected chi connectivity index (χ4v) is 5.29. The molecular formula is C18H22F4N2O3S. The molecule has 0 aromatic heterocycles. The quantitative estimate of drug-likeness (QED) is 0.681. The molecule has 2 unspecified atom stereocenters. The van der Waals surface area contributed by atoms with Gasteiger partial charge in [-0.3, -0.25) is 4.72 Å². The minimum atomic E-state index is -4.06. The van der Waals surface area contributed by atoms with Gasteiger partial charge in [0.2, 0.25) is 10.0 Å². The summed E-state index contributed by atoms with van der Waals surface area (Å²) in [7, 11) is -4.06. The van der Waals surface area contributed by atoms with Crippen LogP contribution in [0.1, 0.15) is 33.1 Å². The molecule has 1 aromatic rings. The molecule has 2 aliphatic rings. The minimum Gasteiger partial charge on any atom is -0.432 e. The molecule has 0 saturated carbocycles. The maximum absolute atomic E-state index is 14.1. The molecule has 28 heavy (non-hydrogen) atoms. The molecule has 156 valence electrons. The van der Waals surface area contributed by atoms with Gasteiger partial charge in [-0.05, 0) is 36.7 Å². The summed E-state index contributed by atoms with van der Waals surface area (Å²) in [5.74, 6) is -2.54. The van der Waals surface area contributed by atoms with E-state index in [2.05, 4.69) is 28.6 Å². The third-order valence-corrected chi connectivity index (χ3v) is 7.04. The zero-order chi connectivity index (χ0) is 20.6. The Labute approximate surface area is 161 Å². The third kappa shape index (κ3) is 4.21. The summed E-state index contributed by atoms with van der Waals surface area (Å²) in [5.41, 5.74) is 1.03. The van der Waals surface area contributed by atoms with Crippen LogP contribution in [-0.2, 0) is 10.0 Å². The van der Waals surface area contributed by atoms with Crippen molar-refractivity contribution in [2.45, 2.75) is 45.0 Å². The first-order valence-electron chi connectivity index (χ1n) is 8.99. The van der Waals surface area contributed by atoms with Crippen molar-refractivity contribution in [3.63, 3.8) is 0 Å². The molecule has 5 nitrogen and oxygen atoms in total.